The van der Waals surface area contributed by atoms with E-state index in [1.54, 1.807) is 30.3 Å². The summed E-state index contributed by atoms with van der Waals surface area (Å²) in [4.78, 5) is 10.1. The summed E-state index contributed by atoms with van der Waals surface area (Å²) in [6, 6.07) is 12.3. The Kier molecular flexibility index (Phi) is 4.78. The molecule has 0 aliphatic rings. The first-order chi connectivity index (χ1) is 10.1. The lowest BCUT2D eigenvalue weighted by Crippen LogP contribution is -2.28. The van der Waals surface area contributed by atoms with Gasteiger partial charge in [-0.15, -0.1) is 0 Å². The molecule has 0 saturated carbocycles. The van der Waals surface area contributed by atoms with Gasteiger partial charge in [-0.2, -0.15) is 0 Å². The number of nitrogens with one attached hydrogen (secondary N) is 2. The first-order valence-electron chi connectivity index (χ1n) is 6.09. The standard InChI is InChI=1S/C14H12FN3O2S/c15-13-4-2-1-3-10(13)9-16-14(21)17-11-5-7-12(8-6-11)18(19)20/h1-8H,9H2,(H2,16,17,21). The minimum atomic E-state index is -0.474. The second-order valence-corrected chi connectivity index (χ2v) is 4.61. The highest BCUT2D eigenvalue weighted by Crippen LogP contribution is 2.15. The van der Waals surface area contributed by atoms with E-state index in [1.165, 1.54) is 18.2 Å². The largest absolute Gasteiger partial charge is 0.358 e. The molecule has 21 heavy (non-hydrogen) atoms. The minimum absolute atomic E-state index is 0.00536. The normalized spacial score (nSPS) is 9.95. The molecule has 0 bridgehead atoms. The van der Waals surface area contributed by atoms with E-state index in [1.807, 2.05) is 0 Å². The van der Waals surface area contributed by atoms with Gasteiger partial charge in [0.2, 0.25) is 0 Å². The van der Waals surface area contributed by atoms with Crippen LogP contribution >= 0.6 is 12.2 Å². The van der Waals surface area contributed by atoms with Crippen molar-refractivity contribution >= 4 is 28.7 Å². The Bertz CT molecular complexity index is 662. The highest BCUT2D eigenvalue weighted by Gasteiger charge is 2.05. The summed E-state index contributed by atoms with van der Waals surface area (Å²) < 4.78 is 13.4. The number of hydrogen-bond acceptors (Lipinski definition) is 3. The quantitative estimate of drug-likeness (QED) is 0.516. The lowest BCUT2D eigenvalue weighted by Gasteiger charge is -2.10. The molecule has 0 unspecified atom stereocenters. The summed E-state index contributed by atoms with van der Waals surface area (Å²) in [5, 5.41) is 16.6. The number of rotatable bonds is 4. The maximum atomic E-state index is 13.4. The third-order valence-corrected chi connectivity index (χ3v) is 2.98. The highest BCUT2D eigenvalue weighted by atomic mass is 32.1. The van der Waals surface area contributed by atoms with Crippen LogP contribution in [-0.4, -0.2) is 10.0 Å². The fourth-order valence-electron chi connectivity index (χ4n) is 1.66. The topological polar surface area (TPSA) is 67.2 Å². The maximum Gasteiger partial charge on any atom is 0.269 e. The summed E-state index contributed by atoms with van der Waals surface area (Å²) in [6.45, 7) is 0.255. The number of thiocarbonyl (C=S) groups is 1. The molecular weight excluding hydrogens is 293 g/mol. The number of anilines is 1. The van der Waals surface area contributed by atoms with E-state index >= 15 is 0 Å². The van der Waals surface area contributed by atoms with Crippen LogP contribution in [0, 0.1) is 15.9 Å². The van der Waals surface area contributed by atoms with Gasteiger partial charge in [-0.1, -0.05) is 18.2 Å². The van der Waals surface area contributed by atoms with E-state index in [0.29, 0.717) is 16.4 Å². The molecule has 0 amide bonds. The summed E-state index contributed by atoms with van der Waals surface area (Å²) in [5.41, 5.74) is 1.13. The van der Waals surface area contributed by atoms with Gasteiger partial charge in [0.15, 0.2) is 5.11 Å². The molecule has 0 fully saturated rings. The van der Waals surface area contributed by atoms with Crippen molar-refractivity contribution in [1.82, 2.24) is 5.32 Å². The Morgan fingerprint density at radius 1 is 1.19 bits per heavy atom. The van der Waals surface area contributed by atoms with Crippen molar-refractivity contribution in [2.24, 2.45) is 0 Å². The van der Waals surface area contributed by atoms with Crippen LogP contribution in [0.4, 0.5) is 15.8 Å². The predicted molar refractivity (Wildman–Crippen MR) is 82.6 cm³/mol. The SMILES string of the molecule is O=[N+]([O-])c1ccc(NC(=S)NCc2ccccc2F)cc1. The van der Waals surface area contributed by atoms with Gasteiger partial charge in [0.1, 0.15) is 5.82 Å². The van der Waals surface area contributed by atoms with E-state index in [9.17, 15) is 14.5 Å². The average molecular weight is 305 g/mol. The lowest BCUT2D eigenvalue weighted by molar-refractivity contribution is -0.384. The van der Waals surface area contributed by atoms with Gasteiger partial charge in [-0.05, 0) is 30.4 Å². The van der Waals surface area contributed by atoms with Crippen molar-refractivity contribution in [3.8, 4) is 0 Å². The van der Waals surface area contributed by atoms with Crippen molar-refractivity contribution < 1.29 is 9.31 Å². The molecule has 0 saturated heterocycles. The predicted octanol–water partition coefficient (Wildman–Crippen LogP) is 3.22. The van der Waals surface area contributed by atoms with Crippen LogP contribution in [0.1, 0.15) is 5.56 Å². The van der Waals surface area contributed by atoms with E-state index in [-0.39, 0.29) is 18.0 Å². The molecule has 2 N–H and O–H groups in total. The van der Waals surface area contributed by atoms with Crippen LogP contribution in [0.15, 0.2) is 48.5 Å². The third kappa shape index (κ3) is 4.22. The Morgan fingerprint density at radius 3 is 2.48 bits per heavy atom. The summed E-state index contributed by atoms with van der Waals surface area (Å²) >= 11 is 5.08. The van der Waals surface area contributed by atoms with Gasteiger partial charge >= 0.3 is 0 Å². The first kappa shape index (κ1) is 14.9. The van der Waals surface area contributed by atoms with E-state index in [4.69, 9.17) is 12.2 Å². The van der Waals surface area contributed by atoms with Gasteiger partial charge < -0.3 is 10.6 Å². The first-order valence-corrected chi connectivity index (χ1v) is 6.50. The molecule has 0 aliphatic carbocycles. The Morgan fingerprint density at radius 2 is 1.86 bits per heavy atom. The molecule has 0 aliphatic heterocycles. The summed E-state index contributed by atoms with van der Waals surface area (Å²) in [7, 11) is 0. The smallest absolute Gasteiger partial charge is 0.269 e. The van der Waals surface area contributed by atoms with E-state index < -0.39 is 4.92 Å². The lowest BCUT2D eigenvalue weighted by atomic mass is 10.2. The molecular formula is C14H12FN3O2S. The van der Waals surface area contributed by atoms with Gasteiger partial charge in [0.05, 0.1) is 4.92 Å². The minimum Gasteiger partial charge on any atom is -0.358 e. The molecule has 2 rings (SSSR count). The number of nitro benzene ring substituents is 1. The number of nitrogens with zero attached hydrogens (tertiary/aromatic N) is 1. The fraction of sp³-hybridized carbons (Fsp3) is 0.0714. The number of nitro groups is 1. The van der Waals surface area contributed by atoms with Crippen LogP contribution in [0.5, 0.6) is 0 Å². The fourth-order valence-corrected chi connectivity index (χ4v) is 1.85. The van der Waals surface area contributed by atoms with Crippen LogP contribution < -0.4 is 10.6 Å². The monoisotopic (exact) mass is 305 g/mol. The van der Waals surface area contributed by atoms with Crippen LogP contribution in [0.2, 0.25) is 0 Å². The van der Waals surface area contributed by atoms with E-state index in [2.05, 4.69) is 10.6 Å². The zero-order valence-corrected chi connectivity index (χ0v) is 11.7. The van der Waals surface area contributed by atoms with Crippen LogP contribution in [-0.2, 0) is 6.54 Å². The Balaban J connectivity index is 1.90. The molecule has 2 aromatic rings. The molecule has 0 radical (unpaired) electrons. The molecule has 2 aromatic carbocycles. The van der Waals surface area contributed by atoms with E-state index in [0.717, 1.165) is 0 Å². The average Bonchev–Trinajstić information content (AvgIpc) is 2.47. The molecule has 0 spiro atoms. The molecule has 0 atom stereocenters. The molecule has 0 aromatic heterocycles. The summed E-state index contributed by atoms with van der Waals surface area (Å²) in [6.07, 6.45) is 0. The second kappa shape index (κ2) is 6.76. The van der Waals surface area contributed by atoms with Gasteiger partial charge in [0, 0.05) is 29.9 Å². The van der Waals surface area contributed by atoms with Crippen molar-refractivity contribution in [1.29, 1.82) is 0 Å². The van der Waals surface area contributed by atoms with Gasteiger partial charge in [-0.25, -0.2) is 4.39 Å². The third-order valence-electron chi connectivity index (χ3n) is 2.73. The number of non-ortho nitro benzene ring substituents is 1. The zero-order chi connectivity index (χ0) is 15.2. The maximum absolute atomic E-state index is 13.4. The Labute approximate surface area is 125 Å². The van der Waals surface area contributed by atoms with Crippen molar-refractivity contribution in [3.05, 3.63) is 70.0 Å². The second-order valence-electron chi connectivity index (χ2n) is 4.20. The number of benzene rings is 2. The zero-order valence-electron chi connectivity index (χ0n) is 10.9. The number of hydrogen-bond donors (Lipinski definition) is 2. The van der Waals surface area contributed by atoms with Gasteiger partial charge in [0.25, 0.3) is 5.69 Å². The molecule has 108 valence electrons. The summed E-state index contributed by atoms with van der Waals surface area (Å²) in [5.74, 6) is -0.303. The van der Waals surface area contributed by atoms with Crippen LogP contribution in [0.3, 0.4) is 0 Å². The van der Waals surface area contributed by atoms with Crippen molar-refractivity contribution in [2.45, 2.75) is 6.54 Å². The molecule has 5 nitrogen and oxygen atoms in total. The Hall–Kier alpha value is -2.54. The highest BCUT2D eigenvalue weighted by molar-refractivity contribution is 7.80. The van der Waals surface area contributed by atoms with Gasteiger partial charge in [-0.3, -0.25) is 10.1 Å². The van der Waals surface area contributed by atoms with Crippen molar-refractivity contribution in [2.75, 3.05) is 5.32 Å². The molecule has 7 heteroatoms. The number of halogens is 1. The van der Waals surface area contributed by atoms with Crippen LogP contribution in [0.25, 0.3) is 0 Å². The van der Waals surface area contributed by atoms with Crippen molar-refractivity contribution in [3.63, 3.8) is 0 Å². The molecule has 0 heterocycles.